The van der Waals surface area contributed by atoms with Crippen LogP contribution in [0.4, 0.5) is 22.1 Å². The van der Waals surface area contributed by atoms with Gasteiger partial charge in [-0.25, -0.2) is 0 Å². The van der Waals surface area contributed by atoms with Gasteiger partial charge in [-0.2, -0.15) is 0 Å². The van der Waals surface area contributed by atoms with Gasteiger partial charge in [-0.05, 0) is 52.9 Å². The van der Waals surface area contributed by atoms with Crippen LogP contribution in [0.15, 0.2) is 90.3 Å². The second kappa shape index (κ2) is 7.26. The average molecular weight is 395 g/mol. The molecule has 0 atom stereocenters. The van der Waals surface area contributed by atoms with Crippen molar-refractivity contribution in [3.63, 3.8) is 0 Å². The van der Waals surface area contributed by atoms with E-state index in [0.29, 0.717) is 0 Å². The standard InChI is InChI=1S/C26H22N2S/c1-18-8-7-10-20(14-18)27-26-16-21(17-29-26)28(2)25-15-19-9-3-4-11-22(19)23-12-5-6-13-24(23)25/h3-17,27H,1-2H3. The van der Waals surface area contributed by atoms with Crippen molar-refractivity contribution in [2.24, 2.45) is 0 Å². The lowest BCUT2D eigenvalue weighted by molar-refractivity contribution is 1.24. The Morgan fingerprint density at radius 2 is 1.52 bits per heavy atom. The van der Waals surface area contributed by atoms with Gasteiger partial charge in [-0.15, -0.1) is 11.3 Å². The first-order valence-corrected chi connectivity index (χ1v) is 10.6. The molecule has 0 aliphatic heterocycles. The first kappa shape index (κ1) is 17.8. The van der Waals surface area contributed by atoms with Gasteiger partial charge < -0.3 is 10.2 Å². The number of fused-ring (bicyclic) bond motifs is 3. The Kier molecular flexibility index (Phi) is 4.45. The van der Waals surface area contributed by atoms with Crippen molar-refractivity contribution in [1.29, 1.82) is 0 Å². The number of hydrogen-bond acceptors (Lipinski definition) is 3. The first-order valence-electron chi connectivity index (χ1n) is 9.75. The quantitative estimate of drug-likeness (QED) is 0.312. The summed E-state index contributed by atoms with van der Waals surface area (Å²) in [5, 5.41) is 12.0. The Bertz CT molecular complexity index is 1320. The Balaban J connectivity index is 1.54. The van der Waals surface area contributed by atoms with Crippen molar-refractivity contribution < 1.29 is 0 Å². The van der Waals surface area contributed by atoms with Gasteiger partial charge in [0.2, 0.25) is 0 Å². The molecule has 2 nitrogen and oxygen atoms in total. The summed E-state index contributed by atoms with van der Waals surface area (Å²) >= 11 is 1.73. The highest BCUT2D eigenvalue weighted by molar-refractivity contribution is 7.14. The van der Waals surface area contributed by atoms with E-state index in [1.165, 1.54) is 38.5 Å². The van der Waals surface area contributed by atoms with Crippen LogP contribution < -0.4 is 10.2 Å². The molecular formula is C26H22N2S. The van der Waals surface area contributed by atoms with E-state index < -0.39 is 0 Å². The maximum atomic E-state index is 3.53. The van der Waals surface area contributed by atoms with Crippen molar-refractivity contribution >= 4 is 54.9 Å². The van der Waals surface area contributed by atoms with Crippen LogP contribution in [0.2, 0.25) is 0 Å². The van der Waals surface area contributed by atoms with Crippen LogP contribution >= 0.6 is 11.3 Å². The molecule has 142 valence electrons. The zero-order valence-corrected chi connectivity index (χ0v) is 17.3. The molecule has 5 aromatic rings. The predicted octanol–water partition coefficient (Wildman–Crippen LogP) is 7.87. The fourth-order valence-corrected chi connectivity index (χ4v) is 4.72. The fraction of sp³-hybridized carbons (Fsp3) is 0.0769. The van der Waals surface area contributed by atoms with Crippen LogP contribution in [-0.4, -0.2) is 7.05 Å². The molecule has 1 N–H and O–H groups in total. The third kappa shape index (κ3) is 3.34. The van der Waals surface area contributed by atoms with E-state index >= 15 is 0 Å². The van der Waals surface area contributed by atoms with Crippen LogP contribution in [0.5, 0.6) is 0 Å². The van der Waals surface area contributed by atoms with Crippen LogP contribution in [0.25, 0.3) is 21.5 Å². The maximum absolute atomic E-state index is 3.53. The van der Waals surface area contributed by atoms with Crippen LogP contribution in [-0.2, 0) is 0 Å². The highest BCUT2D eigenvalue weighted by Crippen LogP contribution is 2.39. The van der Waals surface area contributed by atoms with E-state index in [0.717, 1.165) is 10.7 Å². The predicted molar refractivity (Wildman–Crippen MR) is 128 cm³/mol. The van der Waals surface area contributed by atoms with Crippen molar-refractivity contribution in [2.45, 2.75) is 6.92 Å². The molecule has 4 aromatic carbocycles. The molecule has 5 rings (SSSR count). The van der Waals surface area contributed by atoms with Gasteiger partial charge in [0, 0.05) is 29.2 Å². The molecule has 0 unspecified atom stereocenters. The summed E-state index contributed by atoms with van der Waals surface area (Å²) in [6.45, 7) is 2.11. The van der Waals surface area contributed by atoms with Gasteiger partial charge in [0.25, 0.3) is 0 Å². The molecule has 0 saturated heterocycles. The third-order valence-electron chi connectivity index (χ3n) is 5.37. The smallest absolute Gasteiger partial charge is 0.0948 e. The average Bonchev–Trinajstić information content (AvgIpc) is 3.21. The number of aryl methyl sites for hydroxylation is 1. The fourth-order valence-electron chi connectivity index (χ4n) is 3.88. The molecular weight excluding hydrogens is 372 g/mol. The Morgan fingerprint density at radius 3 is 2.34 bits per heavy atom. The van der Waals surface area contributed by atoms with Crippen molar-refractivity contribution in [2.75, 3.05) is 17.3 Å². The highest BCUT2D eigenvalue weighted by Gasteiger charge is 2.13. The minimum atomic E-state index is 1.12. The molecule has 29 heavy (non-hydrogen) atoms. The van der Waals surface area contributed by atoms with E-state index in [-0.39, 0.29) is 0 Å². The van der Waals surface area contributed by atoms with Gasteiger partial charge in [0.05, 0.1) is 10.7 Å². The van der Waals surface area contributed by atoms with Gasteiger partial charge in [0.1, 0.15) is 0 Å². The zero-order valence-electron chi connectivity index (χ0n) is 16.5. The lowest BCUT2D eigenvalue weighted by Crippen LogP contribution is -2.09. The lowest BCUT2D eigenvalue weighted by atomic mass is 10.00. The SMILES string of the molecule is Cc1cccc(Nc2cc(N(C)c3cc4ccccc4c4ccccc34)cs2)c1. The molecule has 0 saturated carbocycles. The lowest BCUT2D eigenvalue weighted by Gasteiger charge is -2.21. The van der Waals surface area contributed by atoms with E-state index in [1.54, 1.807) is 11.3 Å². The molecule has 0 aliphatic carbocycles. The van der Waals surface area contributed by atoms with E-state index in [1.807, 2.05) is 0 Å². The normalized spacial score (nSPS) is 11.1. The monoisotopic (exact) mass is 394 g/mol. The van der Waals surface area contributed by atoms with E-state index in [9.17, 15) is 0 Å². The molecule has 0 aliphatic rings. The number of benzene rings is 4. The Hall–Kier alpha value is -3.30. The van der Waals surface area contributed by atoms with Gasteiger partial charge in [-0.1, -0.05) is 60.7 Å². The summed E-state index contributed by atoms with van der Waals surface area (Å²) in [6.07, 6.45) is 0. The Morgan fingerprint density at radius 1 is 0.759 bits per heavy atom. The van der Waals surface area contributed by atoms with Gasteiger partial charge >= 0.3 is 0 Å². The molecule has 1 heterocycles. The Labute approximate surface area is 175 Å². The van der Waals surface area contributed by atoms with Crippen LogP contribution in [0, 0.1) is 6.92 Å². The van der Waals surface area contributed by atoms with Gasteiger partial charge in [-0.3, -0.25) is 0 Å². The molecule has 1 aromatic heterocycles. The summed E-state index contributed by atoms with van der Waals surface area (Å²) in [5.41, 5.74) is 4.79. The molecule has 0 fully saturated rings. The number of thiophene rings is 1. The number of anilines is 4. The summed E-state index contributed by atoms with van der Waals surface area (Å²) in [5.74, 6) is 0. The van der Waals surface area contributed by atoms with Crippen molar-refractivity contribution in [3.05, 3.63) is 95.9 Å². The van der Waals surface area contributed by atoms with E-state index in [4.69, 9.17) is 0 Å². The molecule has 0 amide bonds. The third-order valence-corrected chi connectivity index (χ3v) is 6.20. The van der Waals surface area contributed by atoms with Crippen molar-refractivity contribution in [1.82, 2.24) is 0 Å². The first-order chi connectivity index (χ1) is 14.2. The topological polar surface area (TPSA) is 15.3 Å². The minimum Gasteiger partial charge on any atom is -0.347 e. The summed E-state index contributed by atoms with van der Waals surface area (Å²) in [7, 11) is 2.15. The summed E-state index contributed by atoms with van der Waals surface area (Å²) in [4.78, 5) is 2.28. The van der Waals surface area contributed by atoms with Crippen LogP contribution in [0.1, 0.15) is 5.56 Å². The molecule has 0 spiro atoms. The minimum absolute atomic E-state index is 1.12. The zero-order chi connectivity index (χ0) is 19.8. The van der Waals surface area contributed by atoms with Gasteiger partial charge in [0.15, 0.2) is 0 Å². The maximum Gasteiger partial charge on any atom is 0.0948 e. The number of rotatable bonds is 4. The molecule has 0 radical (unpaired) electrons. The second-order valence-corrected chi connectivity index (χ2v) is 8.30. The van der Waals surface area contributed by atoms with E-state index in [2.05, 4.69) is 114 Å². The second-order valence-electron chi connectivity index (χ2n) is 7.39. The summed E-state index contributed by atoms with van der Waals surface area (Å²) < 4.78 is 0. The molecule has 0 bridgehead atoms. The largest absolute Gasteiger partial charge is 0.347 e. The van der Waals surface area contributed by atoms with Crippen LogP contribution in [0.3, 0.4) is 0 Å². The number of nitrogens with zero attached hydrogens (tertiary/aromatic N) is 1. The molecule has 3 heteroatoms. The number of hydrogen-bond donors (Lipinski definition) is 1. The highest BCUT2D eigenvalue weighted by atomic mass is 32.1. The van der Waals surface area contributed by atoms with Crippen molar-refractivity contribution in [3.8, 4) is 0 Å². The summed E-state index contributed by atoms with van der Waals surface area (Å²) in [6, 6.07) is 30.3. The number of nitrogens with one attached hydrogen (secondary N) is 1.